The van der Waals surface area contributed by atoms with Gasteiger partial charge in [0.25, 0.3) is 0 Å². The summed E-state index contributed by atoms with van der Waals surface area (Å²) < 4.78 is 14.8. The molecule has 0 fully saturated rings. The van der Waals surface area contributed by atoms with Crippen molar-refractivity contribution in [1.29, 1.82) is 0 Å². The molecule has 0 bridgehead atoms. The Kier molecular flexibility index (Phi) is 6.68. The van der Waals surface area contributed by atoms with Crippen LogP contribution in [0.15, 0.2) is 44.0 Å². The van der Waals surface area contributed by atoms with E-state index in [1.807, 2.05) is 30.3 Å². The lowest BCUT2D eigenvalue weighted by molar-refractivity contribution is 0.161. The Labute approximate surface area is 113 Å². The normalized spacial score (nSPS) is 9.84. The van der Waals surface area contributed by atoms with Gasteiger partial charge in [-0.05, 0) is 5.56 Å². The molecule has 2 rings (SSSR count). The van der Waals surface area contributed by atoms with Crippen molar-refractivity contribution in [2.24, 2.45) is 0 Å². The zero-order valence-electron chi connectivity index (χ0n) is 11.6. The van der Waals surface area contributed by atoms with Crippen molar-refractivity contribution in [2.45, 2.75) is 33.3 Å². The zero-order valence-corrected chi connectivity index (χ0v) is 11.6. The summed E-state index contributed by atoms with van der Waals surface area (Å²) in [4.78, 5) is 11.0. The molecule has 0 N–H and O–H groups in total. The van der Waals surface area contributed by atoms with Crippen molar-refractivity contribution < 1.29 is 13.6 Å². The van der Waals surface area contributed by atoms with E-state index in [9.17, 15) is 4.79 Å². The number of hydrogen-bond acceptors (Lipinski definition) is 4. The second-order valence-corrected chi connectivity index (χ2v) is 4.10. The smallest absolute Gasteiger partial charge is 0.395 e. The van der Waals surface area contributed by atoms with E-state index in [1.54, 1.807) is 7.11 Å². The molecule has 0 saturated heterocycles. The second-order valence-electron chi connectivity index (χ2n) is 4.10. The van der Waals surface area contributed by atoms with E-state index in [0.717, 1.165) is 5.56 Å². The number of benzene rings is 1. The molecule has 4 heteroatoms. The van der Waals surface area contributed by atoms with Crippen LogP contribution < -0.4 is 5.82 Å². The number of ether oxygens (including phenoxy) is 1. The lowest BCUT2D eigenvalue weighted by Gasteiger charge is -1.99. The largest absolute Gasteiger partial charge is 0.519 e. The van der Waals surface area contributed by atoms with Gasteiger partial charge in [0.1, 0.15) is 6.61 Å². The van der Waals surface area contributed by atoms with Gasteiger partial charge in [-0.1, -0.05) is 50.6 Å². The van der Waals surface area contributed by atoms with Crippen LogP contribution in [0, 0.1) is 0 Å². The molecule has 0 amide bonds. The Balaban J connectivity index is 0.000000550. The van der Waals surface area contributed by atoms with Gasteiger partial charge >= 0.3 is 5.82 Å². The third kappa shape index (κ3) is 5.14. The zero-order chi connectivity index (χ0) is 14.1. The molecular weight excluding hydrogens is 244 g/mol. The van der Waals surface area contributed by atoms with E-state index in [0.29, 0.717) is 17.9 Å². The molecule has 1 aromatic heterocycles. The fourth-order valence-electron chi connectivity index (χ4n) is 1.49. The summed E-state index contributed by atoms with van der Waals surface area (Å²) >= 11 is 0. The highest BCUT2D eigenvalue weighted by molar-refractivity contribution is 5.21. The minimum absolute atomic E-state index is 0.244. The standard InChI is InChI=1S/C12H12O4.C3H8/c1-14-8-11-10(15-12(13)16-11)7-9-5-3-2-4-6-9;1-3-2/h2-6H,7-8H2,1H3;3H2,1-2H3. The first-order valence-corrected chi connectivity index (χ1v) is 6.35. The molecule has 0 aliphatic carbocycles. The molecule has 0 radical (unpaired) electrons. The van der Waals surface area contributed by atoms with Crippen LogP contribution in [-0.2, 0) is 17.8 Å². The molecule has 2 aromatic rings. The Hall–Kier alpha value is -1.81. The number of hydrogen-bond donors (Lipinski definition) is 0. The molecular formula is C15H20O4. The van der Waals surface area contributed by atoms with Crippen LogP contribution in [0.5, 0.6) is 0 Å². The van der Waals surface area contributed by atoms with Gasteiger partial charge in [0.2, 0.25) is 0 Å². The molecule has 1 heterocycles. The van der Waals surface area contributed by atoms with Crippen molar-refractivity contribution in [1.82, 2.24) is 0 Å². The van der Waals surface area contributed by atoms with E-state index in [4.69, 9.17) is 13.6 Å². The molecule has 0 aliphatic rings. The number of rotatable bonds is 4. The fourth-order valence-corrected chi connectivity index (χ4v) is 1.49. The first-order chi connectivity index (χ1) is 9.21. The van der Waals surface area contributed by atoms with Crippen molar-refractivity contribution in [2.75, 3.05) is 7.11 Å². The van der Waals surface area contributed by atoms with Crippen LogP contribution in [0.4, 0.5) is 0 Å². The summed E-state index contributed by atoms with van der Waals surface area (Å²) in [5.41, 5.74) is 1.06. The molecule has 19 heavy (non-hydrogen) atoms. The summed E-state index contributed by atoms with van der Waals surface area (Å²) in [6.45, 7) is 4.49. The maximum Gasteiger partial charge on any atom is 0.519 e. The van der Waals surface area contributed by atoms with Gasteiger partial charge in [-0.3, -0.25) is 0 Å². The molecule has 0 atom stereocenters. The first kappa shape index (κ1) is 15.2. The molecule has 0 saturated carbocycles. The molecule has 0 spiro atoms. The predicted molar refractivity (Wildman–Crippen MR) is 73.2 cm³/mol. The van der Waals surface area contributed by atoms with Gasteiger partial charge in [-0.25, -0.2) is 4.79 Å². The maximum absolute atomic E-state index is 11.0. The number of methoxy groups -OCH3 is 1. The summed E-state index contributed by atoms with van der Waals surface area (Å²) in [5, 5.41) is 0. The van der Waals surface area contributed by atoms with Crippen LogP contribution >= 0.6 is 0 Å². The minimum atomic E-state index is -0.682. The van der Waals surface area contributed by atoms with E-state index >= 15 is 0 Å². The van der Waals surface area contributed by atoms with Gasteiger partial charge < -0.3 is 13.6 Å². The van der Waals surface area contributed by atoms with Crippen LogP contribution in [0.25, 0.3) is 0 Å². The molecule has 0 unspecified atom stereocenters. The van der Waals surface area contributed by atoms with Gasteiger partial charge in [0.15, 0.2) is 11.5 Å². The average molecular weight is 264 g/mol. The van der Waals surface area contributed by atoms with Crippen molar-refractivity contribution in [3.05, 3.63) is 58.0 Å². The minimum Gasteiger partial charge on any atom is -0.395 e. The van der Waals surface area contributed by atoms with Crippen molar-refractivity contribution >= 4 is 0 Å². The van der Waals surface area contributed by atoms with E-state index in [2.05, 4.69) is 13.8 Å². The Morgan fingerprint density at radius 2 is 1.63 bits per heavy atom. The average Bonchev–Trinajstić information content (AvgIpc) is 2.72. The second kappa shape index (κ2) is 8.32. The lowest BCUT2D eigenvalue weighted by atomic mass is 10.1. The molecule has 1 aromatic carbocycles. The maximum atomic E-state index is 11.0. The van der Waals surface area contributed by atoms with Crippen molar-refractivity contribution in [3.8, 4) is 0 Å². The van der Waals surface area contributed by atoms with Crippen LogP contribution in [0.3, 0.4) is 0 Å². The van der Waals surface area contributed by atoms with Gasteiger partial charge in [0, 0.05) is 13.5 Å². The third-order valence-corrected chi connectivity index (χ3v) is 2.21. The SMILES string of the molecule is CCC.COCc1oc(=O)oc1Cc1ccccc1. The summed E-state index contributed by atoms with van der Waals surface area (Å²) in [6, 6.07) is 9.73. The van der Waals surface area contributed by atoms with E-state index in [-0.39, 0.29) is 6.61 Å². The predicted octanol–water partition coefficient (Wildman–Crippen LogP) is 3.39. The summed E-state index contributed by atoms with van der Waals surface area (Å²) in [6.07, 6.45) is 1.78. The highest BCUT2D eigenvalue weighted by Crippen LogP contribution is 2.13. The van der Waals surface area contributed by atoms with Gasteiger partial charge in [-0.15, -0.1) is 0 Å². The first-order valence-electron chi connectivity index (χ1n) is 6.35. The summed E-state index contributed by atoms with van der Waals surface area (Å²) in [5.74, 6) is 0.299. The Morgan fingerprint density at radius 1 is 1.05 bits per heavy atom. The quantitative estimate of drug-likeness (QED) is 0.849. The monoisotopic (exact) mass is 264 g/mol. The molecule has 0 aliphatic heterocycles. The van der Waals surface area contributed by atoms with E-state index < -0.39 is 5.82 Å². The fraction of sp³-hybridized carbons (Fsp3) is 0.400. The van der Waals surface area contributed by atoms with E-state index in [1.165, 1.54) is 6.42 Å². The van der Waals surface area contributed by atoms with Crippen LogP contribution in [0.2, 0.25) is 0 Å². The van der Waals surface area contributed by atoms with Crippen LogP contribution in [-0.4, -0.2) is 7.11 Å². The Morgan fingerprint density at radius 3 is 2.21 bits per heavy atom. The highest BCUT2D eigenvalue weighted by atomic mass is 16.6. The third-order valence-electron chi connectivity index (χ3n) is 2.21. The topological polar surface area (TPSA) is 52.6 Å². The van der Waals surface area contributed by atoms with Crippen molar-refractivity contribution in [3.63, 3.8) is 0 Å². The Bertz CT molecular complexity index is 510. The lowest BCUT2D eigenvalue weighted by Crippen LogP contribution is -1.93. The van der Waals surface area contributed by atoms with Crippen LogP contribution in [0.1, 0.15) is 37.4 Å². The molecule has 4 nitrogen and oxygen atoms in total. The van der Waals surface area contributed by atoms with Gasteiger partial charge in [0.05, 0.1) is 0 Å². The summed E-state index contributed by atoms with van der Waals surface area (Å²) in [7, 11) is 1.54. The van der Waals surface area contributed by atoms with Gasteiger partial charge in [-0.2, -0.15) is 0 Å². The highest BCUT2D eigenvalue weighted by Gasteiger charge is 2.12. The molecule has 104 valence electrons.